The Morgan fingerprint density at radius 3 is 2.55 bits per heavy atom. The van der Waals surface area contributed by atoms with Gasteiger partial charge in [-0.05, 0) is 24.3 Å². The molecule has 0 spiro atoms. The minimum atomic E-state index is 0.0587. The van der Waals surface area contributed by atoms with Crippen molar-refractivity contribution in [1.29, 1.82) is 0 Å². The fourth-order valence-corrected chi connectivity index (χ4v) is 3.79. The molecule has 0 unspecified atom stereocenters. The largest absolute Gasteiger partial charge is 0.493 e. The second-order valence-electron chi connectivity index (χ2n) is 7.32. The first kappa shape index (κ1) is 17.5. The second kappa shape index (κ2) is 6.88. The Balaban J connectivity index is 1.60. The molecule has 31 heavy (non-hydrogen) atoms. The van der Waals surface area contributed by atoms with Crippen LogP contribution in [0.25, 0.3) is 39.3 Å². The summed E-state index contributed by atoms with van der Waals surface area (Å²) in [4.78, 5) is 9.58. The van der Waals surface area contributed by atoms with Gasteiger partial charge in [-0.15, -0.1) is 0 Å². The maximum atomic E-state index is 11.0. The van der Waals surface area contributed by atoms with E-state index in [1.165, 1.54) is 0 Å². The molecule has 150 valence electrons. The number of hydrogen-bond acceptors (Lipinski definition) is 5. The molecule has 4 heterocycles. The molecule has 6 aromatic rings. The number of benzene rings is 2. The van der Waals surface area contributed by atoms with Gasteiger partial charge in [0.2, 0.25) is 5.88 Å². The Morgan fingerprint density at radius 2 is 1.74 bits per heavy atom. The minimum absolute atomic E-state index is 0.0587. The van der Waals surface area contributed by atoms with Crippen LogP contribution in [0.15, 0.2) is 94.1 Å². The van der Waals surface area contributed by atoms with Crippen molar-refractivity contribution in [2.45, 2.75) is 6.42 Å². The minimum Gasteiger partial charge on any atom is -0.493 e. The average Bonchev–Trinajstić information content (AvgIpc) is 3.54. The highest BCUT2D eigenvalue weighted by Gasteiger charge is 2.21. The summed E-state index contributed by atoms with van der Waals surface area (Å²) in [6.07, 6.45) is 3.78. The molecule has 0 saturated carbocycles. The number of hydrogen-bond donors (Lipinski definition) is 1. The first-order valence-corrected chi connectivity index (χ1v) is 9.94. The van der Waals surface area contributed by atoms with Crippen LogP contribution in [0.3, 0.4) is 0 Å². The van der Waals surface area contributed by atoms with E-state index in [2.05, 4.69) is 0 Å². The lowest BCUT2D eigenvalue weighted by Crippen LogP contribution is -1.95. The second-order valence-corrected chi connectivity index (χ2v) is 7.32. The van der Waals surface area contributed by atoms with Crippen LogP contribution in [0.4, 0.5) is 0 Å². The zero-order chi connectivity index (χ0) is 20.8. The summed E-state index contributed by atoms with van der Waals surface area (Å²) in [5.41, 5.74) is 4.02. The Labute approximate surface area is 177 Å². The first-order chi connectivity index (χ1) is 15.3. The average molecular weight is 407 g/mol. The molecule has 0 saturated heterocycles. The van der Waals surface area contributed by atoms with Crippen molar-refractivity contribution in [1.82, 2.24) is 14.4 Å². The van der Waals surface area contributed by atoms with Gasteiger partial charge >= 0.3 is 0 Å². The van der Waals surface area contributed by atoms with Crippen molar-refractivity contribution in [2.75, 3.05) is 0 Å². The number of fused-ring (bicyclic) bond motifs is 2. The zero-order valence-electron chi connectivity index (χ0n) is 16.4. The highest BCUT2D eigenvalue weighted by molar-refractivity contribution is 5.85. The van der Waals surface area contributed by atoms with Gasteiger partial charge in [-0.25, -0.2) is 9.97 Å². The molecule has 0 atom stereocenters. The number of aromatic hydroxyl groups is 1. The third-order valence-corrected chi connectivity index (χ3v) is 5.30. The van der Waals surface area contributed by atoms with Crippen molar-refractivity contribution in [3.8, 4) is 28.6 Å². The Hall–Kier alpha value is -4.32. The van der Waals surface area contributed by atoms with E-state index in [0.29, 0.717) is 34.9 Å². The van der Waals surface area contributed by atoms with E-state index in [1.807, 2.05) is 72.8 Å². The SMILES string of the molecule is Oc1c(Cc2ccco2)nc2c(-c3cc4ccccc4o3)nc(-c3ccccc3)cn12. The molecule has 0 aliphatic heterocycles. The molecule has 6 heteroatoms. The number of para-hydroxylation sites is 1. The number of rotatable bonds is 4. The summed E-state index contributed by atoms with van der Waals surface area (Å²) >= 11 is 0. The Bertz CT molecular complexity index is 1480. The number of imidazole rings is 1. The van der Waals surface area contributed by atoms with Gasteiger partial charge in [0, 0.05) is 17.1 Å². The fourth-order valence-electron chi connectivity index (χ4n) is 3.79. The van der Waals surface area contributed by atoms with E-state index < -0.39 is 0 Å². The third kappa shape index (κ3) is 2.97. The first-order valence-electron chi connectivity index (χ1n) is 9.94. The summed E-state index contributed by atoms with van der Waals surface area (Å²) in [5.74, 6) is 1.38. The van der Waals surface area contributed by atoms with Gasteiger partial charge in [-0.1, -0.05) is 48.5 Å². The van der Waals surface area contributed by atoms with Crippen molar-refractivity contribution < 1.29 is 13.9 Å². The van der Waals surface area contributed by atoms with Crippen molar-refractivity contribution in [3.05, 3.63) is 96.7 Å². The number of aromatic nitrogens is 3. The van der Waals surface area contributed by atoms with Crippen LogP contribution in [-0.4, -0.2) is 19.5 Å². The van der Waals surface area contributed by atoms with Gasteiger partial charge in [0.1, 0.15) is 22.7 Å². The zero-order valence-corrected chi connectivity index (χ0v) is 16.4. The normalized spacial score (nSPS) is 11.5. The van der Waals surface area contributed by atoms with E-state index in [0.717, 1.165) is 22.3 Å². The molecule has 1 N–H and O–H groups in total. The monoisotopic (exact) mass is 407 g/mol. The molecule has 0 aliphatic rings. The fraction of sp³-hybridized carbons (Fsp3) is 0.0400. The molecule has 6 rings (SSSR count). The predicted octanol–water partition coefficient (Wildman–Crippen LogP) is 5.70. The highest BCUT2D eigenvalue weighted by Crippen LogP contribution is 2.34. The summed E-state index contributed by atoms with van der Waals surface area (Å²) in [7, 11) is 0. The van der Waals surface area contributed by atoms with E-state index in [-0.39, 0.29) is 5.88 Å². The standard InChI is InChI=1S/C25H17N3O3/c29-25-19(14-18-10-6-12-30-18)27-24-23(22-13-17-9-4-5-11-21(17)31-22)26-20(15-28(24)25)16-7-2-1-3-8-16/h1-13,15,29H,14H2. The lowest BCUT2D eigenvalue weighted by Gasteiger charge is -2.06. The van der Waals surface area contributed by atoms with Crippen molar-refractivity contribution in [3.63, 3.8) is 0 Å². The van der Waals surface area contributed by atoms with Gasteiger partial charge in [0.15, 0.2) is 11.4 Å². The van der Waals surface area contributed by atoms with Gasteiger partial charge in [-0.3, -0.25) is 4.40 Å². The molecule has 2 aromatic carbocycles. The van der Waals surface area contributed by atoms with Crippen LogP contribution in [0, 0.1) is 0 Å². The molecule has 0 amide bonds. The Kier molecular flexibility index (Phi) is 3.89. The Morgan fingerprint density at radius 1 is 0.903 bits per heavy atom. The van der Waals surface area contributed by atoms with Crippen LogP contribution in [-0.2, 0) is 6.42 Å². The summed E-state index contributed by atoms with van der Waals surface area (Å²) in [6, 6.07) is 23.3. The van der Waals surface area contributed by atoms with Gasteiger partial charge in [0.25, 0.3) is 0 Å². The molecule has 6 nitrogen and oxygen atoms in total. The van der Waals surface area contributed by atoms with Gasteiger partial charge in [0.05, 0.1) is 18.4 Å². The summed E-state index contributed by atoms with van der Waals surface area (Å²) in [6.45, 7) is 0. The third-order valence-electron chi connectivity index (χ3n) is 5.30. The molecule has 0 bridgehead atoms. The molecule has 0 aliphatic carbocycles. The van der Waals surface area contributed by atoms with Crippen LogP contribution in [0.1, 0.15) is 11.5 Å². The molecular formula is C25H17N3O3. The smallest absolute Gasteiger partial charge is 0.219 e. The number of nitrogens with zero attached hydrogens (tertiary/aromatic N) is 3. The van der Waals surface area contributed by atoms with E-state index >= 15 is 0 Å². The lowest BCUT2D eigenvalue weighted by atomic mass is 10.1. The molecule has 4 aromatic heterocycles. The summed E-state index contributed by atoms with van der Waals surface area (Å²) in [5, 5.41) is 12.0. The topological polar surface area (TPSA) is 76.7 Å². The van der Waals surface area contributed by atoms with Crippen LogP contribution in [0.5, 0.6) is 5.88 Å². The van der Waals surface area contributed by atoms with E-state index in [4.69, 9.17) is 18.8 Å². The molecule has 0 radical (unpaired) electrons. The van der Waals surface area contributed by atoms with Crippen LogP contribution in [0.2, 0.25) is 0 Å². The molecule has 0 fully saturated rings. The van der Waals surface area contributed by atoms with E-state index in [1.54, 1.807) is 16.9 Å². The summed E-state index contributed by atoms with van der Waals surface area (Å²) < 4.78 is 13.2. The van der Waals surface area contributed by atoms with E-state index in [9.17, 15) is 5.11 Å². The quantitative estimate of drug-likeness (QED) is 0.406. The maximum absolute atomic E-state index is 11.0. The van der Waals surface area contributed by atoms with Gasteiger partial charge in [-0.2, -0.15) is 0 Å². The predicted molar refractivity (Wildman–Crippen MR) is 117 cm³/mol. The van der Waals surface area contributed by atoms with Crippen LogP contribution >= 0.6 is 0 Å². The lowest BCUT2D eigenvalue weighted by molar-refractivity contribution is 0.438. The number of furan rings is 2. The van der Waals surface area contributed by atoms with Crippen molar-refractivity contribution >= 4 is 16.6 Å². The highest BCUT2D eigenvalue weighted by atomic mass is 16.3. The molecular weight excluding hydrogens is 390 g/mol. The van der Waals surface area contributed by atoms with Crippen LogP contribution < -0.4 is 0 Å². The maximum Gasteiger partial charge on any atom is 0.219 e. The van der Waals surface area contributed by atoms with Crippen molar-refractivity contribution in [2.24, 2.45) is 0 Å². The van der Waals surface area contributed by atoms with Gasteiger partial charge < -0.3 is 13.9 Å².